The van der Waals surface area contributed by atoms with Gasteiger partial charge in [0.25, 0.3) is 0 Å². The molecule has 0 heterocycles. The van der Waals surface area contributed by atoms with Gasteiger partial charge in [0.05, 0.1) is 13.2 Å². The molecule has 0 fully saturated rings. The Bertz CT molecular complexity index is 784. The van der Waals surface area contributed by atoms with E-state index in [0.717, 1.165) is 44.9 Å². The number of aliphatic hydroxyl groups is 1. The van der Waals surface area contributed by atoms with Crippen LogP contribution in [0.4, 0.5) is 0 Å². The van der Waals surface area contributed by atoms with Gasteiger partial charge < -0.3 is 20.1 Å². The topological polar surface area (TPSA) is 131 Å². The quantitative estimate of drug-likeness (QED) is 0.0375. The van der Waals surface area contributed by atoms with Gasteiger partial charge >= 0.3 is 13.8 Å². The molecule has 0 aromatic rings. The molecule has 0 aliphatic rings. The molecule has 0 rings (SSSR count). The summed E-state index contributed by atoms with van der Waals surface area (Å²) in [4.78, 5) is 32.8. The minimum absolute atomic E-state index is 0.0696. The first-order valence-corrected chi connectivity index (χ1v) is 17.0. The molecule has 0 saturated heterocycles. The first kappa shape index (κ1) is 39.2. The van der Waals surface area contributed by atoms with Crippen LogP contribution in [0.3, 0.4) is 0 Å². The Morgan fingerprint density at radius 2 is 1.34 bits per heavy atom. The number of hydrogen-bond donors (Lipinski definition) is 3. The zero-order valence-electron chi connectivity index (χ0n) is 25.5. The summed E-state index contributed by atoms with van der Waals surface area (Å²) in [7, 11) is -4.38. The zero-order chi connectivity index (χ0) is 30.4. The molecule has 0 aliphatic heterocycles. The molecule has 0 radical (unpaired) electrons. The van der Waals surface area contributed by atoms with Gasteiger partial charge in [-0.1, -0.05) is 88.8 Å². The summed E-state index contributed by atoms with van der Waals surface area (Å²) in [6.45, 7) is 3.11. The number of carbonyl (C=O) groups excluding carboxylic acids is 2. The third kappa shape index (κ3) is 29.5. The molecule has 0 bridgehead atoms. The fourth-order valence-corrected chi connectivity index (χ4v) is 4.48. The average Bonchev–Trinajstić information content (AvgIpc) is 2.94. The van der Waals surface area contributed by atoms with Crippen LogP contribution in [-0.2, 0) is 27.9 Å². The van der Waals surface area contributed by atoms with Gasteiger partial charge in [0, 0.05) is 19.4 Å². The highest BCUT2D eigenvalue weighted by Crippen LogP contribution is 2.42. The first-order chi connectivity index (χ1) is 19.8. The lowest BCUT2D eigenvalue weighted by atomic mass is 10.1. The van der Waals surface area contributed by atoms with Crippen LogP contribution >= 0.6 is 7.82 Å². The third-order valence-corrected chi connectivity index (χ3v) is 7.03. The average molecular weight is 602 g/mol. The Morgan fingerprint density at radius 3 is 1.98 bits per heavy atom. The molecule has 2 unspecified atom stereocenters. The molecule has 1 amide bonds. The Kier molecular flexibility index (Phi) is 27.1. The van der Waals surface area contributed by atoms with Gasteiger partial charge in [0.15, 0.2) is 0 Å². The normalized spacial score (nSPS) is 14.1. The van der Waals surface area contributed by atoms with E-state index in [1.807, 2.05) is 6.92 Å². The van der Waals surface area contributed by atoms with Gasteiger partial charge in [-0.25, -0.2) is 4.57 Å². The summed E-state index contributed by atoms with van der Waals surface area (Å²) < 4.78 is 26.2. The highest BCUT2D eigenvalue weighted by molar-refractivity contribution is 7.47. The van der Waals surface area contributed by atoms with E-state index in [0.29, 0.717) is 12.8 Å². The lowest BCUT2D eigenvalue weighted by Crippen LogP contribution is -2.27. The number of carbonyl (C=O) groups is 2. The minimum Gasteiger partial charge on any atom is -0.463 e. The second-order valence-electron chi connectivity index (χ2n) is 10.1. The number of amides is 1. The van der Waals surface area contributed by atoms with Crippen molar-refractivity contribution in [3.63, 3.8) is 0 Å². The Morgan fingerprint density at radius 1 is 0.756 bits per heavy atom. The van der Waals surface area contributed by atoms with Crippen LogP contribution in [0, 0.1) is 0 Å². The molecule has 0 aromatic carbocycles. The van der Waals surface area contributed by atoms with Gasteiger partial charge in [-0.15, -0.1) is 0 Å². The molecule has 9 nitrogen and oxygen atoms in total. The Hall–Kier alpha value is -1.77. The Balaban J connectivity index is 3.62. The number of aliphatic hydroxyl groups excluding tert-OH is 1. The summed E-state index contributed by atoms with van der Waals surface area (Å²) in [5.74, 6) is -0.589. The predicted octanol–water partition coefficient (Wildman–Crippen LogP) is 7.09. The van der Waals surface area contributed by atoms with Crippen molar-refractivity contribution in [2.75, 3.05) is 26.4 Å². The summed E-state index contributed by atoms with van der Waals surface area (Å²) in [5, 5.41) is 12.4. The fourth-order valence-electron chi connectivity index (χ4n) is 3.72. The minimum atomic E-state index is -4.38. The van der Waals surface area contributed by atoms with Crippen LogP contribution in [0.5, 0.6) is 0 Å². The van der Waals surface area contributed by atoms with E-state index in [1.165, 1.54) is 38.5 Å². The van der Waals surface area contributed by atoms with Gasteiger partial charge in [-0.05, 0) is 51.4 Å². The zero-order valence-corrected chi connectivity index (χ0v) is 26.4. The van der Waals surface area contributed by atoms with E-state index in [-0.39, 0.29) is 32.1 Å². The lowest BCUT2D eigenvalue weighted by molar-refractivity contribution is -0.147. The summed E-state index contributed by atoms with van der Waals surface area (Å²) >= 11 is 0. The van der Waals surface area contributed by atoms with E-state index < -0.39 is 26.5 Å². The van der Waals surface area contributed by atoms with E-state index in [4.69, 9.17) is 13.8 Å². The first-order valence-electron chi connectivity index (χ1n) is 15.5. The van der Waals surface area contributed by atoms with Crippen molar-refractivity contribution in [3.8, 4) is 0 Å². The highest BCUT2D eigenvalue weighted by atomic mass is 31.2. The molecule has 0 saturated carbocycles. The predicted molar refractivity (Wildman–Crippen MR) is 164 cm³/mol. The van der Waals surface area contributed by atoms with Gasteiger partial charge in [-0.2, -0.15) is 0 Å². The highest BCUT2D eigenvalue weighted by Gasteiger charge is 2.23. The van der Waals surface area contributed by atoms with Crippen molar-refractivity contribution in [1.29, 1.82) is 0 Å². The summed E-state index contributed by atoms with van der Waals surface area (Å²) in [6, 6.07) is 0. The van der Waals surface area contributed by atoms with E-state index in [1.54, 1.807) is 0 Å². The van der Waals surface area contributed by atoms with Crippen molar-refractivity contribution in [2.24, 2.45) is 0 Å². The van der Waals surface area contributed by atoms with Crippen LogP contribution in [0.1, 0.15) is 117 Å². The van der Waals surface area contributed by atoms with Gasteiger partial charge in [0.1, 0.15) is 12.7 Å². The number of phosphoric ester groups is 1. The van der Waals surface area contributed by atoms with Crippen LogP contribution in [-0.4, -0.2) is 54.3 Å². The standard InChI is InChI=1S/C31H56NO8P/c1-3-5-6-7-8-9-10-11-12-13-14-15-16-17-18-19-20-21-22-24-31(35)38-27-29(33)28-40-41(36,37)39-26-25-32-30(34)23-4-2/h8-9,11-12,14-15,29,33H,3-7,10,13,16-28H2,1-2H3,(H,32,34)(H,36,37)/b9-8-,12-11-,15-14-. The van der Waals surface area contributed by atoms with Crippen molar-refractivity contribution >= 4 is 19.7 Å². The molecule has 0 aliphatic carbocycles. The van der Waals surface area contributed by atoms with Crippen molar-refractivity contribution in [2.45, 2.75) is 123 Å². The molecule has 0 spiro atoms. The van der Waals surface area contributed by atoms with Crippen LogP contribution < -0.4 is 5.32 Å². The molecule has 3 N–H and O–H groups in total. The molecule has 0 aromatic heterocycles. The number of ether oxygens (including phenoxy) is 1. The molecule has 2 atom stereocenters. The maximum Gasteiger partial charge on any atom is 0.472 e. The van der Waals surface area contributed by atoms with E-state index in [9.17, 15) is 24.2 Å². The molecular formula is C31H56NO8P. The maximum atomic E-state index is 11.9. The summed E-state index contributed by atoms with van der Waals surface area (Å²) in [5.41, 5.74) is 0. The maximum absolute atomic E-state index is 11.9. The van der Waals surface area contributed by atoms with Crippen LogP contribution in [0.2, 0.25) is 0 Å². The number of rotatable bonds is 28. The van der Waals surface area contributed by atoms with E-state index in [2.05, 4.69) is 48.7 Å². The van der Waals surface area contributed by atoms with Crippen molar-refractivity contribution < 1.29 is 37.9 Å². The monoisotopic (exact) mass is 601 g/mol. The number of hydrogen-bond acceptors (Lipinski definition) is 7. The molecular weight excluding hydrogens is 545 g/mol. The number of allylic oxidation sites excluding steroid dienone is 6. The van der Waals surface area contributed by atoms with Gasteiger partial charge in [-0.3, -0.25) is 18.6 Å². The Labute approximate surface area is 248 Å². The number of phosphoric acid groups is 1. The van der Waals surface area contributed by atoms with Crippen LogP contribution in [0.25, 0.3) is 0 Å². The smallest absolute Gasteiger partial charge is 0.463 e. The number of nitrogens with one attached hydrogen (secondary N) is 1. The molecule has 10 heteroatoms. The lowest BCUT2D eigenvalue weighted by Gasteiger charge is -2.15. The second-order valence-corrected chi connectivity index (χ2v) is 11.5. The number of esters is 1. The fraction of sp³-hybridized carbons (Fsp3) is 0.742. The molecule has 41 heavy (non-hydrogen) atoms. The molecule has 238 valence electrons. The number of unbranched alkanes of at least 4 members (excludes halogenated alkanes) is 9. The van der Waals surface area contributed by atoms with Crippen molar-refractivity contribution in [1.82, 2.24) is 5.32 Å². The van der Waals surface area contributed by atoms with Gasteiger partial charge in [0.2, 0.25) is 5.91 Å². The van der Waals surface area contributed by atoms with E-state index >= 15 is 0 Å². The SMILES string of the molecule is CCCCC/C=C\C/C=C\C/C=C\CCCCCCCCC(=O)OCC(O)COP(=O)(O)OCCNC(=O)CCC. The van der Waals surface area contributed by atoms with Crippen molar-refractivity contribution in [3.05, 3.63) is 36.5 Å². The third-order valence-electron chi connectivity index (χ3n) is 6.04. The summed E-state index contributed by atoms with van der Waals surface area (Å²) in [6.07, 6.45) is 27.9. The van der Waals surface area contributed by atoms with Crippen LogP contribution in [0.15, 0.2) is 36.5 Å². The second kappa shape index (κ2) is 28.4. The largest absolute Gasteiger partial charge is 0.472 e.